The minimum absolute atomic E-state index is 0.214. The molecule has 0 aromatic carbocycles. The Labute approximate surface area is 123 Å². The van der Waals surface area contributed by atoms with Crippen molar-refractivity contribution in [2.75, 3.05) is 31.1 Å². The number of hydrogen-bond acceptors (Lipinski definition) is 6. The van der Waals surface area contributed by atoms with E-state index in [1.165, 1.54) is 6.33 Å². The molecule has 2 rings (SSSR count). The Bertz CT molecular complexity index is 498. The van der Waals surface area contributed by atoms with Crippen LogP contribution in [0, 0.1) is 0 Å². The number of aromatic nitrogens is 2. The Kier molecular flexibility index (Phi) is 4.29. The summed E-state index contributed by atoms with van der Waals surface area (Å²) in [5, 5.41) is 12.5. The summed E-state index contributed by atoms with van der Waals surface area (Å²) < 4.78 is 0. The van der Waals surface area contributed by atoms with Crippen LogP contribution in [0.5, 0.6) is 0 Å². The van der Waals surface area contributed by atoms with Crippen LogP contribution >= 0.6 is 11.6 Å². The van der Waals surface area contributed by atoms with Crippen LogP contribution in [0.15, 0.2) is 17.7 Å². The van der Waals surface area contributed by atoms with E-state index in [4.69, 9.17) is 22.5 Å². The number of nitrogens with two attached hydrogens (primary N) is 1. The number of rotatable bonds is 3. The third kappa shape index (κ3) is 2.78. The first-order chi connectivity index (χ1) is 9.46. The fraction of sp³-hybridized carbons (Fsp3) is 0.583. The van der Waals surface area contributed by atoms with Crippen molar-refractivity contribution >= 4 is 23.3 Å². The quantitative estimate of drug-likeness (QED) is 0.371. The summed E-state index contributed by atoms with van der Waals surface area (Å²) in [6, 6.07) is 0. The van der Waals surface area contributed by atoms with Gasteiger partial charge >= 0.3 is 0 Å². The molecular formula is C12H19ClN6O. The molecule has 20 heavy (non-hydrogen) atoms. The highest BCUT2D eigenvalue weighted by Gasteiger charge is 2.34. The molecule has 1 aliphatic heterocycles. The van der Waals surface area contributed by atoms with Gasteiger partial charge in [0.25, 0.3) is 0 Å². The van der Waals surface area contributed by atoms with Crippen molar-refractivity contribution in [1.82, 2.24) is 14.9 Å². The molecule has 2 heterocycles. The van der Waals surface area contributed by atoms with Gasteiger partial charge < -0.3 is 15.8 Å². The smallest absolute Gasteiger partial charge is 0.159 e. The van der Waals surface area contributed by atoms with E-state index in [1.807, 2.05) is 13.8 Å². The third-order valence-electron chi connectivity index (χ3n) is 3.75. The van der Waals surface area contributed by atoms with Crippen molar-refractivity contribution in [3.63, 3.8) is 0 Å². The predicted molar refractivity (Wildman–Crippen MR) is 78.3 cm³/mol. The molecule has 3 N–H and O–H groups in total. The second kappa shape index (κ2) is 5.80. The summed E-state index contributed by atoms with van der Waals surface area (Å²) in [5.74, 6) is 0.967. The fourth-order valence-electron chi connectivity index (χ4n) is 2.30. The summed E-state index contributed by atoms with van der Waals surface area (Å²) in [4.78, 5) is 12.4. The molecule has 0 atom stereocenters. The van der Waals surface area contributed by atoms with E-state index in [0.29, 0.717) is 5.02 Å². The summed E-state index contributed by atoms with van der Waals surface area (Å²) in [6.45, 7) is 7.00. The van der Waals surface area contributed by atoms with Crippen molar-refractivity contribution in [2.24, 2.45) is 10.9 Å². The molecule has 0 aliphatic carbocycles. The van der Waals surface area contributed by atoms with Crippen LogP contribution in [-0.4, -0.2) is 57.6 Å². The maximum Gasteiger partial charge on any atom is 0.159 e. The van der Waals surface area contributed by atoms with Gasteiger partial charge in [-0.05, 0) is 13.8 Å². The van der Waals surface area contributed by atoms with E-state index < -0.39 is 5.54 Å². The summed E-state index contributed by atoms with van der Waals surface area (Å²) in [5.41, 5.74) is 5.28. The zero-order valence-corrected chi connectivity index (χ0v) is 12.4. The van der Waals surface area contributed by atoms with Crippen LogP contribution in [0.25, 0.3) is 0 Å². The molecule has 110 valence electrons. The average molecular weight is 299 g/mol. The first-order valence-corrected chi connectivity index (χ1v) is 6.78. The largest absolute Gasteiger partial charge is 0.409 e. The molecule has 0 unspecified atom stereocenters. The van der Waals surface area contributed by atoms with Crippen molar-refractivity contribution in [1.29, 1.82) is 0 Å². The van der Waals surface area contributed by atoms with Gasteiger partial charge in [-0.1, -0.05) is 16.8 Å². The van der Waals surface area contributed by atoms with E-state index in [9.17, 15) is 0 Å². The molecule has 1 saturated heterocycles. The monoisotopic (exact) mass is 298 g/mol. The molecule has 1 fully saturated rings. The topological polar surface area (TPSA) is 90.9 Å². The molecule has 1 aromatic heterocycles. The van der Waals surface area contributed by atoms with E-state index in [2.05, 4.69) is 24.9 Å². The van der Waals surface area contributed by atoms with Crippen LogP contribution in [0.3, 0.4) is 0 Å². The third-order valence-corrected chi connectivity index (χ3v) is 4.02. The summed E-state index contributed by atoms with van der Waals surface area (Å²) in [7, 11) is 0. The number of halogens is 1. The molecule has 1 aliphatic rings. The zero-order valence-electron chi connectivity index (χ0n) is 11.6. The Hall–Kier alpha value is -1.60. The summed E-state index contributed by atoms with van der Waals surface area (Å²) >= 11 is 6.10. The molecule has 1 aromatic rings. The van der Waals surface area contributed by atoms with Crippen molar-refractivity contribution in [2.45, 2.75) is 19.4 Å². The molecule has 0 saturated carbocycles. The minimum atomic E-state index is -0.476. The maximum atomic E-state index is 8.86. The van der Waals surface area contributed by atoms with Crippen LogP contribution in [0.4, 0.5) is 5.82 Å². The average Bonchev–Trinajstić information content (AvgIpc) is 2.47. The van der Waals surface area contributed by atoms with Gasteiger partial charge in [0.2, 0.25) is 0 Å². The van der Waals surface area contributed by atoms with Gasteiger partial charge in [0.1, 0.15) is 11.3 Å². The second-order valence-corrected chi connectivity index (χ2v) is 5.62. The Balaban J connectivity index is 2.05. The van der Waals surface area contributed by atoms with E-state index in [1.54, 1.807) is 6.20 Å². The lowest BCUT2D eigenvalue weighted by Gasteiger charge is -2.43. The van der Waals surface area contributed by atoms with E-state index in [0.717, 1.165) is 32.0 Å². The standard InChI is InChI=1S/C12H19ClN6O/c1-12(2,11(14)17-20)19-5-3-18(4-6-19)10-9(13)7-15-8-16-10/h7-8,20H,3-6H2,1-2H3,(H2,14,17). The molecule has 8 heteroatoms. The van der Waals surface area contributed by atoms with Gasteiger partial charge in [-0.15, -0.1) is 0 Å². The van der Waals surface area contributed by atoms with Gasteiger partial charge in [-0.25, -0.2) is 9.97 Å². The number of hydrogen-bond donors (Lipinski definition) is 2. The normalized spacial score (nSPS) is 18.4. The molecule has 0 bridgehead atoms. The Morgan fingerprint density at radius 1 is 1.40 bits per heavy atom. The van der Waals surface area contributed by atoms with Crippen LogP contribution in [-0.2, 0) is 0 Å². The fourth-order valence-corrected chi connectivity index (χ4v) is 2.53. The highest BCUT2D eigenvalue weighted by Crippen LogP contribution is 2.24. The van der Waals surface area contributed by atoms with Gasteiger partial charge in [0.05, 0.1) is 11.7 Å². The predicted octanol–water partition coefficient (Wildman–Crippen LogP) is 0.777. The molecule has 0 radical (unpaired) electrons. The Morgan fingerprint density at radius 2 is 2.05 bits per heavy atom. The lowest BCUT2D eigenvalue weighted by Crippen LogP contribution is -2.60. The van der Waals surface area contributed by atoms with Crippen LogP contribution < -0.4 is 10.6 Å². The van der Waals surface area contributed by atoms with Crippen molar-refractivity contribution < 1.29 is 5.21 Å². The highest BCUT2D eigenvalue weighted by molar-refractivity contribution is 6.32. The van der Waals surface area contributed by atoms with E-state index >= 15 is 0 Å². The Morgan fingerprint density at radius 3 is 2.60 bits per heavy atom. The first kappa shape index (κ1) is 14.8. The number of piperazine rings is 1. The number of anilines is 1. The zero-order chi connectivity index (χ0) is 14.8. The lowest BCUT2D eigenvalue weighted by molar-refractivity contribution is 0.161. The first-order valence-electron chi connectivity index (χ1n) is 6.40. The summed E-state index contributed by atoms with van der Waals surface area (Å²) in [6.07, 6.45) is 3.09. The van der Waals surface area contributed by atoms with Gasteiger partial charge in [-0.2, -0.15) is 0 Å². The molecular weight excluding hydrogens is 280 g/mol. The molecule has 7 nitrogen and oxygen atoms in total. The van der Waals surface area contributed by atoms with E-state index in [-0.39, 0.29) is 5.84 Å². The number of nitrogens with zero attached hydrogens (tertiary/aromatic N) is 5. The lowest BCUT2D eigenvalue weighted by atomic mass is 10.0. The van der Waals surface area contributed by atoms with Gasteiger partial charge in [0, 0.05) is 26.2 Å². The van der Waals surface area contributed by atoms with Crippen molar-refractivity contribution in [3.8, 4) is 0 Å². The molecule has 0 spiro atoms. The van der Waals surface area contributed by atoms with Crippen molar-refractivity contribution in [3.05, 3.63) is 17.5 Å². The highest BCUT2D eigenvalue weighted by atomic mass is 35.5. The number of amidine groups is 1. The van der Waals surface area contributed by atoms with Crippen LogP contribution in [0.1, 0.15) is 13.8 Å². The number of oxime groups is 1. The van der Waals surface area contributed by atoms with Gasteiger partial charge in [0.15, 0.2) is 11.7 Å². The van der Waals surface area contributed by atoms with Gasteiger partial charge in [-0.3, -0.25) is 4.90 Å². The molecule has 0 amide bonds. The second-order valence-electron chi connectivity index (χ2n) is 5.21. The van der Waals surface area contributed by atoms with Crippen LogP contribution in [0.2, 0.25) is 5.02 Å². The SMILES string of the molecule is CC(C)(C(N)=NO)N1CCN(c2ncncc2Cl)CC1. The minimum Gasteiger partial charge on any atom is -0.409 e. The maximum absolute atomic E-state index is 8.86.